The molecule has 4 aliphatic rings. The standard InChI is InChI=1S/C31H33FN8/c1-6-20-15-34-28-21(14-33)9-22(10-24(28)27(20)35-17-30(3,4)5)37-29(23-7-8-26(32)36-18(23)2)25-16-40(39-38-25)31-11-19(12-31)13-31/h1,7-10,15-16,19,29,37-39H,11-13,17H2,2-5H3,(H,34,35)/t19?,29-,31?/m0/s1. The molecular formula is C31H33FN8. The number of benzene rings is 1. The molecule has 2 aromatic heterocycles. The molecule has 2 bridgehead atoms. The maximum absolute atomic E-state index is 14.0. The van der Waals surface area contributed by atoms with Crippen molar-refractivity contribution in [1.82, 2.24) is 25.9 Å². The molecule has 4 N–H and O–H groups in total. The number of aryl methyl sites for hydroxylation is 1. The summed E-state index contributed by atoms with van der Waals surface area (Å²) >= 11 is 0. The summed E-state index contributed by atoms with van der Waals surface area (Å²) in [6.07, 6.45) is 13.1. The minimum atomic E-state index is -0.526. The lowest BCUT2D eigenvalue weighted by molar-refractivity contribution is -0.141. The Morgan fingerprint density at radius 3 is 2.65 bits per heavy atom. The van der Waals surface area contributed by atoms with Crippen LogP contribution in [0.15, 0.2) is 42.4 Å². The van der Waals surface area contributed by atoms with Gasteiger partial charge in [-0.05, 0) is 55.7 Å². The number of pyridine rings is 2. The van der Waals surface area contributed by atoms with Gasteiger partial charge in [-0.25, -0.2) is 4.98 Å². The maximum Gasteiger partial charge on any atom is 0.213 e. The van der Waals surface area contributed by atoms with Gasteiger partial charge < -0.3 is 16.1 Å². The van der Waals surface area contributed by atoms with Gasteiger partial charge in [0.1, 0.15) is 6.07 Å². The average molecular weight is 537 g/mol. The fraction of sp³-hybridized carbons (Fsp3) is 0.387. The van der Waals surface area contributed by atoms with Crippen LogP contribution in [-0.2, 0) is 0 Å². The van der Waals surface area contributed by atoms with Gasteiger partial charge in [0.05, 0.1) is 39.6 Å². The van der Waals surface area contributed by atoms with E-state index in [4.69, 9.17) is 6.42 Å². The lowest BCUT2D eigenvalue weighted by Gasteiger charge is -2.64. The van der Waals surface area contributed by atoms with Gasteiger partial charge in [0.2, 0.25) is 5.95 Å². The van der Waals surface area contributed by atoms with Crippen LogP contribution in [-0.4, -0.2) is 27.1 Å². The number of nitrogens with one attached hydrogen (secondary N) is 4. The molecule has 40 heavy (non-hydrogen) atoms. The first-order valence-corrected chi connectivity index (χ1v) is 13.6. The maximum atomic E-state index is 14.0. The number of halogens is 1. The van der Waals surface area contributed by atoms with Gasteiger partial charge in [-0.15, -0.1) is 12.0 Å². The van der Waals surface area contributed by atoms with Crippen LogP contribution in [0.2, 0.25) is 0 Å². The van der Waals surface area contributed by atoms with Gasteiger partial charge in [0, 0.05) is 41.3 Å². The predicted molar refractivity (Wildman–Crippen MR) is 154 cm³/mol. The second kappa shape index (κ2) is 9.39. The van der Waals surface area contributed by atoms with Crippen molar-refractivity contribution in [2.24, 2.45) is 11.3 Å². The Kier molecular flexibility index (Phi) is 6.08. The van der Waals surface area contributed by atoms with E-state index >= 15 is 0 Å². The molecule has 0 spiro atoms. The zero-order chi connectivity index (χ0) is 28.2. The Morgan fingerprint density at radius 1 is 1.25 bits per heavy atom. The first-order valence-electron chi connectivity index (χ1n) is 13.6. The van der Waals surface area contributed by atoms with Crippen LogP contribution < -0.4 is 21.6 Å². The Balaban J connectivity index is 1.43. The number of fused-ring (bicyclic) bond motifs is 1. The third kappa shape index (κ3) is 4.47. The molecule has 8 nitrogen and oxygen atoms in total. The molecule has 0 radical (unpaired) electrons. The molecule has 3 aromatic rings. The van der Waals surface area contributed by atoms with E-state index in [0.29, 0.717) is 34.6 Å². The van der Waals surface area contributed by atoms with Gasteiger partial charge in [-0.3, -0.25) is 9.99 Å². The molecule has 9 heteroatoms. The molecular weight excluding hydrogens is 503 g/mol. The number of hydrazine groups is 2. The van der Waals surface area contributed by atoms with Crippen molar-refractivity contribution >= 4 is 22.3 Å². The minimum absolute atomic E-state index is 0.00741. The topological polar surface area (TPSA) is 101 Å². The molecule has 3 aliphatic carbocycles. The first-order chi connectivity index (χ1) is 19.1. The third-order valence-corrected chi connectivity index (χ3v) is 8.17. The summed E-state index contributed by atoms with van der Waals surface area (Å²) in [5.74, 6) is 3.04. The van der Waals surface area contributed by atoms with Crippen molar-refractivity contribution in [3.63, 3.8) is 0 Å². The quantitative estimate of drug-likeness (QED) is 0.240. The highest BCUT2D eigenvalue weighted by atomic mass is 19.1. The Morgan fingerprint density at radius 2 is 2.02 bits per heavy atom. The van der Waals surface area contributed by atoms with E-state index in [9.17, 15) is 9.65 Å². The Labute approximate surface area is 234 Å². The van der Waals surface area contributed by atoms with Crippen molar-refractivity contribution < 1.29 is 4.39 Å². The summed E-state index contributed by atoms with van der Waals surface area (Å²) in [5.41, 5.74) is 12.2. The molecule has 1 atom stereocenters. The molecule has 1 aromatic carbocycles. The molecule has 1 aliphatic heterocycles. The average Bonchev–Trinajstić information content (AvgIpc) is 3.32. The highest BCUT2D eigenvalue weighted by molar-refractivity contribution is 5.99. The highest BCUT2D eigenvalue weighted by Gasteiger charge is 2.60. The molecule has 0 amide bonds. The number of anilines is 2. The zero-order valence-electron chi connectivity index (χ0n) is 23.2. The molecule has 0 saturated heterocycles. The van der Waals surface area contributed by atoms with E-state index in [1.165, 1.54) is 25.3 Å². The SMILES string of the molecule is C#Cc1cnc2c(C#N)cc(N[C@H](C3=CN(C45CC(C4)C5)NN3)c3ccc(F)nc3C)cc2c1NCC(C)(C)C. The van der Waals surface area contributed by atoms with Gasteiger partial charge in [0.25, 0.3) is 0 Å². The normalized spacial score (nSPS) is 21.8. The van der Waals surface area contributed by atoms with Crippen LogP contribution in [0.5, 0.6) is 0 Å². The van der Waals surface area contributed by atoms with Crippen molar-refractivity contribution in [2.75, 3.05) is 17.2 Å². The number of rotatable bonds is 7. The number of hydrogen-bond donors (Lipinski definition) is 4. The van der Waals surface area contributed by atoms with Crippen molar-refractivity contribution in [3.05, 3.63) is 70.7 Å². The van der Waals surface area contributed by atoms with Crippen LogP contribution in [0.1, 0.15) is 68.5 Å². The third-order valence-electron chi connectivity index (χ3n) is 8.17. The first kappa shape index (κ1) is 25.9. The van der Waals surface area contributed by atoms with Crippen LogP contribution in [0.4, 0.5) is 15.8 Å². The summed E-state index contributed by atoms with van der Waals surface area (Å²) in [7, 11) is 0. The lowest BCUT2D eigenvalue weighted by atomic mass is 9.49. The van der Waals surface area contributed by atoms with E-state index in [2.05, 4.69) is 75.5 Å². The van der Waals surface area contributed by atoms with E-state index in [1.54, 1.807) is 25.3 Å². The van der Waals surface area contributed by atoms with E-state index in [-0.39, 0.29) is 11.0 Å². The van der Waals surface area contributed by atoms with Crippen LogP contribution >= 0.6 is 0 Å². The van der Waals surface area contributed by atoms with Crippen molar-refractivity contribution in [2.45, 2.75) is 58.5 Å². The second-order valence-electron chi connectivity index (χ2n) is 12.4. The summed E-state index contributed by atoms with van der Waals surface area (Å²) in [5, 5.41) is 20.1. The summed E-state index contributed by atoms with van der Waals surface area (Å²) in [4.78, 5) is 8.63. The molecule has 3 fully saturated rings. The lowest BCUT2D eigenvalue weighted by Crippen LogP contribution is -2.69. The Bertz CT molecular complexity index is 1610. The zero-order valence-corrected chi connectivity index (χ0v) is 23.2. The Hall–Kier alpha value is -4.34. The van der Waals surface area contributed by atoms with Crippen molar-refractivity contribution in [3.8, 4) is 18.4 Å². The van der Waals surface area contributed by atoms with Gasteiger partial charge in [-0.2, -0.15) is 9.65 Å². The molecule has 3 heterocycles. The van der Waals surface area contributed by atoms with Crippen LogP contribution in [0.25, 0.3) is 10.9 Å². The smallest absolute Gasteiger partial charge is 0.213 e. The monoisotopic (exact) mass is 536 g/mol. The number of hydrogen-bond acceptors (Lipinski definition) is 8. The van der Waals surface area contributed by atoms with Gasteiger partial charge in [0.15, 0.2) is 0 Å². The molecule has 3 saturated carbocycles. The number of terminal acetylenes is 1. The van der Waals surface area contributed by atoms with E-state index in [0.717, 1.165) is 28.3 Å². The summed E-state index contributed by atoms with van der Waals surface area (Å²) in [6, 6.07) is 8.79. The molecule has 0 unspecified atom stereocenters. The number of aromatic nitrogens is 2. The van der Waals surface area contributed by atoms with Gasteiger partial charge in [-0.1, -0.05) is 32.8 Å². The summed E-state index contributed by atoms with van der Waals surface area (Å²) in [6.45, 7) is 8.91. The highest BCUT2D eigenvalue weighted by Crippen LogP contribution is 2.60. The number of nitriles is 1. The second-order valence-corrected chi connectivity index (χ2v) is 12.4. The summed E-state index contributed by atoms with van der Waals surface area (Å²) < 4.78 is 14.0. The largest absolute Gasteiger partial charge is 0.383 e. The number of nitrogens with zero attached hydrogens (tertiary/aromatic N) is 4. The molecule has 7 rings (SSSR count). The van der Waals surface area contributed by atoms with E-state index in [1.807, 2.05) is 6.07 Å². The molecule has 204 valence electrons. The van der Waals surface area contributed by atoms with Crippen molar-refractivity contribution in [1.29, 1.82) is 5.26 Å². The van der Waals surface area contributed by atoms with Gasteiger partial charge >= 0.3 is 0 Å². The fourth-order valence-electron chi connectivity index (χ4n) is 5.92. The van der Waals surface area contributed by atoms with Crippen LogP contribution in [0, 0.1) is 47.9 Å². The minimum Gasteiger partial charge on any atom is -0.383 e. The fourth-order valence-corrected chi connectivity index (χ4v) is 5.92. The van der Waals surface area contributed by atoms with E-state index < -0.39 is 12.0 Å². The predicted octanol–water partition coefficient (Wildman–Crippen LogP) is 5.26. The van der Waals surface area contributed by atoms with Crippen LogP contribution in [0.3, 0.4) is 0 Å².